The first kappa shape index (κ1) is 12.7. The van der Waals surface area contributed by atoms with Gasteiger partial charge in [-0.3, -0.25) is 9.59 Å². The Labute approximate surface area is 115 Å². The van der Waals surface area contributed by atoms with Gasteiger partial charge in [0.05, 0.1) is 17.5 Å². The van der Waals surface area contributed by atoms with Crippen molar-refractivity contribution in [3.63, 3.8) is 0 Å². The summed E-state index contributed by atoms with van der Waals surface area (Å²) in [6, 6.07) is 5.64. The van der Waals surface area contributed by atoms with Crippen molar-refractivity contribution < 1.29 is 14.7 Å². The first-order chi connectivity index (χ1) is 9.59. The normalized spacial score (nSPS) is 16.0. The second-order valence-electron chi connectivity index (χ2n) is 5.24. The van der Waals surface area contributed by atoms with Crippen LogP contribution in [-0.2, 0) is 16.0 Å². The van der Waals surface area contributed by atoms with E-state index in [1.54, 1.807) is 6.20 Å². The number of fused-ring (bicyclic) bond motifs is 1. The summed E-state index contributed by atoms with van der Waals surface area (Å²) in [5.41, 5.74) is 0.738. The van der Waals surface area contributed by atoms with Crippen LogP contribution in [0.1, 0.15) is 18.5 Å². The molecule has 0 saturated heterocycles. The van der Waals surface area contributed by atoms with Crippen LogP contribution in [0.25, 0.3) is 5.65 Å². The molecule has 0 aliphatic heterocycles. The largest absolute Gasteiger partial charge is 0.481 e. The minimum absolute atomic E-state index is 0.164. The maximum Gasteiger partial charge on any atom is 0.311 e. The van der Waals surface area contributed by atoms with Gasteiger partial charge in [0.2, 0.25) is 5.91 Å². The SMILES string of the molecule is O=C(Cc1cn2ccccc2n1)NCC1(C(=O)O)CC1. The van der Waals surface area contributed by atoms with Gasteiger partial charge in [-0.15, -0.1) is 0 Å². The zero-order valence-corrected chi connectivity index (χ0v) is 10.9. The molecule has 0 unspecified atom stereocenters. The van der Waals surface area contributed by atoms with Gasteiger partial charge in [0.1, 0.15) is 5.65 Å². The molecule has 1 fully saturated rings. The van der Waals surface area contributed by atoms with Crippen LogP contribution in [0.5, 0.6) is 0 Å². The van der Waals surface area contributed by atoms with Crippen LogP contribution in [0, 0.1) is 5.41 Å². The van der Waals surface area contributed by atoms with Crippen molar-refractivity contribution in [2.24, 2.45) is 5.41 Å². The molecule has 6 heteroatoms. The first-order valence-corrected chi connectivity index (χ1v) is 6.52. The third-order valence-corrected chi connectivity index (χ3v) is 3.69. The summed E-state index contributed by atoms with van der Waals surface area (Å²) in [7, 11) is 0. The molecule has 6 nitrogen and oxygen atoms in total. The van der Waals surface area contributed by atoms with Crippen molar-refractivity contribution in [2.45, 2.75) is 19.3 Å². The topological polar surface area (TPSA) is 83.7 Å². The number of nitrogens with one attached hydrogen (secondary N) is 1. The molecule has 0 radical (unpaired) electrons. The van der Waals surface area contributed by atoms with E-state index in [-0.39, 0.29) is 18.9 Å². The van der Waals surface area contributed by atoms with Gasteiger partial charge < -0.3 is 14.8 Å². The molecular formula is C14H15N3O3. The molecule has 2 heterocycles. The fourth-order valence-electron chi connectivity index (χ4n) is 2.18. The molecule has 0 atom stereocenters. The Hall–Kier alpha value is -2.37. The Kier molecular flexibility index (Phi) is 2.93. The number of carboxylic acid groups (broad SMARTS) is 1. The van der Waals surface area contributed by atoms with E-state index in [1.165, 1.54) is 0 Å². The predicted molar refractivity (Wildman–Crippen MR) is 71.2 cm³/mol. The predicted octanol–water partition coefficient (Wildman–Crippen LogP) is 0.858. The van der Waals surface area contributed by atoms with Gasteiger partial charge in [-0.05, 0) is 25.0 Å². The number of imidazole rings is 1. The summed E-state index contributed by atoms with van der Waals surface area (Å²) < 4.78 is 1.85. The van der Waals surface area contributed by atoms with E-state index in [4.69, 9.17) is 5.11 Å². The molecule has 0 aromatic carbocycles. The van der Waals surface area contributed by atoms with E-state index < -0.39 is 11.4 Å². The van der Waals surface area contributed by atoms with Crippen molar-refractivity contribution in [2.75, 3.05) is 6.54 Å². The van der Waals surface area contributed by atoms with Crippen molar-refractivity contribution in [1.82, 2.24) is 14.7 Å². The van der Waals surface area contributed by atoms with E-state index in [0.29, 0.717) is 18.5 Å². The van der Waals surface area contributed by atoms with E-state index in [1.807, 2.05) is 28.8 Å². The van der Waals surface area contributed by atoms with Crippen LogP contribution >= 0.6 is 0 Å². The standard InChI is InChI=1S/C14H15N3O3/c18-12(15-9-14(4-5-14)13(19)20)7-10-8-17-6-2-1-3-11(17)16-10/h1-3,6,8H,4-5,7,9H2,(H,15,18)(H,19,20). The lowest BCUT2D eigenvalue weighted by molar-refractivity contribution is -0.143. The molecule has 20 heavy (non-hydrogen) atoms. The maximum absolute atomic E-state index is 11.8. The second kappa shape index (κ2) is 4.63. The molecule has 3 rings (SSSR count). The average Bonchev–Trinajstić information content (AvgIpc) is 3.11. The molecule has 2 aromatic rings. The number of nitrogens with zero attached hydrogens (tertiary/aromatic N) is 2. The van der Waals surface area contributed by atoms with Gasteiger partial charge in [0, 0.05) is 18.9 Å². The third-order valence-electron chi connectivity index (χ3n) is 3.69. The van der Waals surface area contributed by atoms with Crippen LogP contribution in [0.4, 0.5) is 0 Å². The zero-order chi connectivity index (χ0) is 14.2. The number of pyridine rings is 1. The van der Waals surface area contributed by atoms with E-state index in [2.05, 4.69) is 10.3 Å². The molecule has 1 aliphatic carbocycles. The Balaban J connectivity index is 1.60. The zero-order valence-electron chi connectivity index (χ0n) is 10.9. The van der Waals surface area contributed by atoms with Crippen molar-refractivity contribution >= 4 is 17.5 Å². The monoisotopic (exact) mass is 273 g/mol. The van der Waals surface area contributed by atoms with Gasteiger partial charge in [0.15, 0.2) is 0 Å². The Morgan fingerprint density at radius 2 is 2.20 bits per heavy atom. The number of carboxylic acids is 1. The summed E-state index contributed by atoms with van der Waals surface area (Å²) in [5.74, 6) is -1.02. The van der Waals surface area contributed by atoms with Crippen LogP contribution < -0.4 is 5.32 Å². The van der Waals surface area contributed by atoms with E-state index in [0.717, 1.165) is 5.65 Å². The molecule has 0 spiro atoms. The summed E-state index contributed by atoms with van der Waals surface area (Å²) >= 11 is 0. The summed E-state index contributed by atoms with van der Waals surface area (Å²) in [6.45, 7) is 0.203. The first-order valence-electron chi connectivity index (χ1n) is 6.52. The lowest BCUT2D eigenvalue weighted by Crippen LogP contribution is -2.35. The molecule has 2 N–H and O–H groups in total. The van der Waals surface area contributed by atoms with Crippen molar-refractivity contribution in [3.8, 4) is 0 Å². The van der Waals surface area contributed by atoms with Crippen LogP contribution in [0.3, 0.4) is 0 Å². The van der Waals surface area contributed by atoms with Crippen LogP contribution in [0.15, 0.2) is 30.6 Å². The molecule has 0 bridgehead atoms. The molecule has 2 aromatic heterocycles. The fourth-order valence-corrected chi connectivity index (χ4v) is 2.18. The van der Waals surface area contributed by atoms with Gasteiger partial charge >= 0.3 is 5.97 Å². The highest BCUT2D eigenvalue weighted by Crippen LogP contribution is 2.45. The number of amides is 1. The van der Waals surface area contributed by atoms with Gasteiger partial charge in [-0.1, -0.05) is 6.07 Å². The van der Waals surface area contributed by atoms with Crippen LogP contribution in [0.2, 0.25) is 0 Å². The molecule has 104 valence electrons. The highest BCUT2D eigenvalue weighted by Gasteiger charge is 2.50. The highest BCUT2D eigenvalue weighted by atomic mass is 16.4. The lowest BCUT2D eigenvalue weighted by atomic mass is 10.1. The molecule has 1 saturated carbocycles. The summed E-state index contributed by atoms with van der Waals surface area (Å²) in [6.07, 6.45) is 5.11. The Morgan fingerprint density at radius 3 is 2.85 bits per heavy atom. The third kappa shape index (κ3) is 2.36. The molecule has 1 amide bonds. The van der Waals surface area contributed by atoms with Gasteiger partial charge in [-0.2, -0.15) is 0 Å². The van der Waals surface area contributed by atoms with Crippen LogP contribution in [-0.4, -0.2) is 32.9 Å². The number of hydrogen-bond acceptors (Lipinski definition) is 3. The van der Waals surface area contributed by atoms with E-state index >= 15 is 0 Å². The minimum atomic E-state index is -0.828. The lowest BCUT2D eigenvalue weighted by Gasteiger charge is -2.10. The van der Waals surface area contributed by atoms with Crippen molar-refractivity contribution in [3.05, 3.63) is 36.3 Å². The Morgan fingerprint density at radius 1 is 1.40 bits per heavy atom. The summed E-state index contributed by atoms with van der Waals surface area (Å²) in [4.78, 5) is 27.2. The number of aliphatic carboxylic acids is 1. The fraction of sp³-hybridized carbons (Fsp3) is 0.357. The van der Waals surface area contributed by atoms with E-state index in [9.17, 15) is 9.59 Å². The van der Waals surface area contributed by atoms with Gasteiger partial charge in [0.25, 0.3) is 0 Å². The maximum atomic E-state index is 11.8. The van der Waals surface area contributed by atoms with Gasteiger partial charge in [-0.25, -0.2) is 4.98 Å². The molecular weight excluding hydrogens is 258 g/mol. The summed E-state index contributed by atoms with van der Waals surface area (Å²) in [5, 5.41) is 11.7. The highest BCUT2D eigenvalue weighted by molar-refractivity contribution is 5.81. The van der Waals surface area contributed by atoms with Crippen molar-refractivity contribution in [1.29, 1.82) is 0 Å². The Bertz CT molecular complexity index is 640. The second-order valence-corrected chi connectivity index (χ2v) is 5.24. The average molecular weight is 273 g/mol. The number of carbonyl (C=O) groups is 2. The number of hydrogen-bond donors (Lipinski definition) is 2. The number of aromatic nitrogens is 2. The quantitative estimate of drug-likeness (QED) is 0.846. The number of rotatable bonds is 5. The smallest absolute Gasteiger partial charge is 0.311 e. The number of carbonyl (C=O) groups excluding carboxylic acids is 1. The minimum Gasteiger partial charge on any atom is -0.481 e. The molecule has 1 aliphatic rings.